The minimum Gasteiger partial charge on any atom is -0.159 e. The number of allylic oxidation sites excluding steroid dienone is 1. The third kappa shape index (κ3) is 8.09. The molecule has 0 radical (unpaired) electrons. The first-order chi connectivity index (χ1) is 4.27. The van der Waals surface area contributed by atoms with Crippen molar-refractivity contribution in [3.63, 3.8) is 0 Å². The summed E-state index contributed by atoms with van der Waals surface area (Å²) in [5, 5.41) is 0.787. The van der Waals surface area contributed by atoms with Crippen molar-refractivity contribution in [3.8, 4) is 0 Å². The summed E-state index contributed by atoms with van der Waals surface area (Å²) in [4.78, 5) is 0. The molecule has 0 aromatic rings. The van der Waals surface area contributed by atoms with E-state index in [4.69, 9.17) is 0 Å². The van der Waals surface area contributed by atoms with Crippen LogP contribution in [0.2, 0.25) is 0 Å². The molecule has 0 rings (SSSR count). The smallest absolute Gasteiger partial charge is 0.000968 e. The van der Waals surface area contributed by atoms with Crippen molar-refractivity contribution in [2.75, 3.05) is 5.75 Å². The fraction of sp³-hybridized carbons (Fsp3) is 0.750. The summed E-state index contributed by atoms with van der Waals surface area (Å²) in [6.07, 6.45) is 4.44. The first-order valence-electron chi connectivity index (χ1n) is 3.50. The summed E-state index contributed by atoms with van der Waals surface area (Å²) in [5.41, 5.74) is 0. The van der Waals surface area contributed by atoms with Crippen LogP contribution in [0.3, 0.4) is 0 Å². The summed E-state index contributed by atoms with van der Waals surface area (Å²) < 4.78 is 0. The lowest BCUT2D eigenvalue weighted by Gasteiger charge is -2.01. The maximum atomic E-state index is 3.67. The Kier molecular flexibility index (Phi) is 6.28. The topological polar surface area (TPSA) is 0 Å². The highest BCUT2D eigenvalue weighted by Gasteiger charge is 1.91. The third-order valence-corrected chi connectivity index (χ3v) is 2.19. The van der Waals surface area contributed by atoms with E-state index in [-0.39, 0.29) is 0 Å². The van der Waals surface area contributed by atoms with Crippen LogP contribution in [0.4, 0.5) is 0 Å². The van der Waals surface area contributed by atoms with Crippen molar-refractivity contribution in [3.05, 3.63) is 12.7 Å². The zero-order valence-corrected chi connectivity index (χ0v) is 7.21. The Morgan fingerprint density at radius 2 is 2.22 bits per heavy atom. The second-order valence-corrected chi connectivity index (χ2v) is 4.03. The van der Waals surface area contributed by atoms with Crippen molar-refractivity contribution >= 4 is 11.8 Å². The van der Waals surface area contributed by atoms with Gasteiger partial charge < -0.3 is 0 Å². The van der Waals surface area contributed by atoms with Crippen molar-refractivity contribution < 1.29 is 0 Å². The fourth-order valence-corrected chi connectivity index (χ4v) is 1.35. The molecule has 0 N–H and O–H groups in total. The van der Waals surface area contributed by atoms with Crippen LogP contribution < -0.4 is 0 Å². The molecule has 0 atom stereocenters. The molecule has 0 nitrogen and oxygen atoms in total. The van der Waals surface area contributed by atoms with Crippen LogP contribution in [-0.2, 0) is 0 Å². The van der Waals surface area contributed by atoms with Gasteiger partial charge in [-0.25, -0.2) is 0 Å². The van der Waals surface area contributed by atoms with E-state index in [0.717, 1.165) is 5.25 Å². The quantitative estimate of drug-likeness (QED) is 0.422. The molecule has 54 valence electrons. The zero-order chi connectivity index (χ0) is 7.11. The number of hydrogen-bond acceptors (Lipinski definition) is 1. The maximum absolute atomic E-state index is 3.67. The minimum absolute atomic E-state index is 0.787. The molecule has 0 fully saturated rings. The molecule has 0 unspecified atom stereocenters. The number of unbranched alkanes of at least 4 members (excludes halogenated alkanes) is 1. The second kappa shape index (κ2) is 6.21. The van der Waals surface area contributed by atoms with Crippen molar-refractivity contribution in [1.29, 1.82) is 0 Å². The van der Waals surface area contributed by atoms with E-state index in [2.05, 4.69) is 20.4 Å². The lowest BCUT2D eigenvalue weighted by atomic mass is 10.3. The summed E-state index contributed by atoms with van der Waals surface area (Å²) in [6, 6.07) is 0. The van der Waals surface area contributed by atoms with Gasteiger partial charge in [-0.2, -0.15) is 11.8 Å². The van der Waals surface area contributed by atoms with Crippen LogP contribution >= 0.6 is 11.8 Å². The third-order valence-electron chi connectivity index (χ3n) is 1.00. The van der Waals surface area contributed by atoms with E-state index in [0.29, 0.717) is 0 Å². The highest BCUT2D eigenvalue weighted by atomic mass is 32.2. The van der Waals surface area contributed by atoms with Crippen LogP contribution in [0.15, 0.2) is 12.7 Å². The molecule has 0 aliphatic carbocycles. The maximum Gasteiger partial charge on any atom is -0.000968 e. The predicted octanol–water partition coefficient (Wildman–Crippen LogP) is 3.09. The Bertz CT molecular complexity index is 67.0. The Balaban J connectivity index is 2.82. The molecule has 0 amide bonds. The minimum atomic E-state index is 0.787. The Morgan fingerprint density at radius 1 is 1.56 bits per heavy atom. The Morgan fingerprint density at radius 3 is 2.67 bits per heavy atom. The van der Waals surface area contributed by atoms with Gasteiger partial charge in [0.25, 0.3) is 0 Å². The fourth-order valence-electron chi connectivity index (χ4n) is 0.547. The van der Waals surface area contributed by atoms with Gasteiger partial charge in [-0.3, -0.25) is 0 Å². The van der Waals surface area contributed by atoms with Gasteiger partial charge in [0.2, 0.25) is 0 Å². The molecule has 0 saturated heterocycles. The molecular weight excluding hydrogens is 128 g/mol. The average molecular weight is 144 g/mol. The van der Waals surface area contributed by atoms with Gasteiger partial charge in [-0.15, -0.1) is 6.58 Å². The SMILES string of the molecule is C=CCCCSC(C)C. The van der Waals surface area contributed by atoms with Crippen LogP contribution in [0.1, 0.15) is 26.7 Å². The van der Waals surface area contributed by atoms with Gasteiger partial charge in [0, 0.05) is 0 Å². The summed E-state index contributed by atoms with van der Waals surface area (Å²) in [5.74, 6) is 1.28. The van der Waals surface area contributed by atoms with Crippen LogP contribution in [0.5, 0.6) is 0 Å². The molecule has 9 heavy (non-hydrogen) atoms. The molecule has 0 aliphatic rings. The molecule has 0 aromatic heterocycles. The van der Waals surface area contributed by atoms with Crippen molar-refractivity contribution in [2.45, 2.75) is 31.9 Å². The van der Waals surface area contributed by atoms with Crippen LogP contribution in [0.25, 0.3) is 0 Å². The Labute approximate surface area is 62.7 Å². The lowest BCUT2D eigenvalue weighted by molar-refractivity contribution is 0.966. The monoisotopic (exact) mass is 144 g/mol. The largest absolute Gasteiger partial charge is 0.159 e. The molecule has 0 aromatic carbocycles. The van der Waals surface area contributed by atoms with Crippen molar-refractivity contribution in [1.82, 2.24) is 0 Å². The van der Waals surface area contributed by atoms with E-state index >= 15 is 0 Å². The van der Waals surface area contributed by atoms with Crippen molar-refractivity contribution in [2.24, 2.45) is 0 Å². The standard InChI is InChI=1S/C8H16S/c1-4-5-6-7-9-8(2)3/h4,8H,1,5-7H2,2-3H3. The summed E-state index contributed by atoms with van der Waals surface area (Å²) >= 11 is 2.02. The first kappa shape index (κ1) is 9.09. The average Bonchev–Trinajstić information content (AvgIpc) is 1.80. The number of hydrogen-bond donors (Lipinski definition) is 0. The molecule has 1 heteroatoms. The van der Waals surface area contributed by atoms with Gasteiger partial charge in [-0.1, -0.05) is 19.9 Å². The molecule has 0 saturated carbocycles. The van der Waals surface area contributed by atoms with Crippen LogP contribution in [-0.4, -0.2) is 11.0 Å². The zero-order valence-electron chi connectivity index (χ0n) is 6.39. The summed E-state index contributed by atoms with van der Waals surface area (Å²) in [6.45, 7) is 8.14. The number of rotatable bonds is 5. The van der Waals surface area contributed by atoms with E-state index in [1.165, 1.54) is 18.6 Å². The highest BCUT2D eigenvalue weighted by molar-refractivity contribution is 7.99. The van der Waals surface area contributed by atoms with Crippen LogP contribution in [0, 0.1) is 0 Å². The molecular formula is C8H16S. The van der Waals surface area contributed by atoms with Gasteiger partial charge in [0.15, 0.2) is 0 Å². The first-order valence-corrected chi connectivity index (χ1v) is 4.54. The van der Waals surface area contributed by atoms with E-state index in [1.54, 1.807) is 0 Å². The molecule has 0 heterocycles. The second-order valence-electron chi connectivity index (χ2n) is 2.35. The lowest BCUT2D eigenvalue weighted by Crippen LogP contribution is -1.88. The summed E-state index contributed by atoms with van der Waals surface area (Å²) in [7, 11) is 0. The van der Waals surface area contributed by atoms with Gasteiger partial charge in [0.05, 0.1) is 0 Å². The highest BCUT2D eigenvalue weighted by Crippen LogP contribution is 2.10. The Hall–Kier alpha value is 0.0900. The van der Waals surface area contributed by atoms with E-state index in [9.17, 15) is 0 Å². The van der Waals surface area contributed by atoms with Gasteiger partial charge in [0.1, 0.15) is 0 Å². The predicted molar refractivity (Wildman–Crippen MR) is 47.0 cm³/mol. The van der Waals surface area contributed by atoms with Gasteiger partial charge in [-0.05, 0) is 23.8 Å². The number of thioether (sulfide) groups is 1. The molecule has 0 bridgehead atoms. The molecule has 0 spiro atoms. The molecule has 0 aliphatic heterocycles. The normalized spacial score (nSPS) is 10.1. The van der Waals surface area contributed by atoms with Gasteiger partial charge >= 0.3 is 0 Å². The van der Waals surface area contributed by atoms with E-state index in [1.807, 2.05) is 17.8 Å². The van der Waals surface area contributed by atoms with E-state index < -0.39 is 0 Å².